The highest BCUT2D eigenvalue weighted by Crippen LogP contribution is 2.30. The third-order valence-corrected chi connectivity index (χ3v) is 6.90. The number of nitrogens with zero attached hydrogens (tertiary/aromatic N) is 1. The van der Waals surface area contributed by atoms with Crippen molar-refractivity contribution >= 4 is 50.7 Å². The molecule has 2 aromatic heterocycles. The molecule has 2 N–H and O–H groups in total. The van der Waals surface area contributed by atoms with E-state index in [1.54, 1.807) is 24.3 Å². The number of amides is 1. The molecule has 30 heavy (non-hydrogen) atoms. The summed E-state index contributed by atoms with van der Waals surface area (Å²) in [5, 5.41) is 3.87. The number of H-pyrrole nitrogens is 1. The first-order valence-electron chi connectivity index (χ1n) is 9.84. The summed E-state index contributed by atoms with van der Waals surface area (Å²) < 4.78 is 0. The number of aromatic amines is 1. The molecule has 2 heterocycles. The van der Waals surface area contributed by atoms with Gasteiger partial charge in [-0.05, 0) is 43.9 Å². The van der Waals surface area contributed by atoms with Gasteiger partial charge in [0.2, 0.25) is 5.91 Å². The Kier molecular flexibility index (Phi) is 7.10. The molecule has 3 aromatic rings. The Hall–Kier alpha value is -2.45. The lowest BCUT2D eigenvalue weighted by Crippen LogP contribution is -2.16. The van der Waals surface area contributed by atoms with Gasteiger partial charge in [-0.3, -0.25) is 14.4 Å². The van der Waals surface area contributed by atoms with Gasteiger partial charge in [-0.1, -0.05) is 44.2 Å². The van der Waals surface area contributed by atoms with E-state index in [1.165, 1.54) is 30.0 Å². The van der Waals surface area contributed by atoms with Crippen LogP contribution in [0.3, 0.4) is 0 Å². The van der Waals surface area contributed by atoms with E-state index < -0.39 is 0 Å². The van der Waals surface area contributed by atoms with Crippen molar-refractivity contribution in [3.05, 3.63) is 50.6 Å². The number of nitrogens with one attached hydrogen (secondary N) is 2. The summed E-state index contributed by atoms with van der Waals surface area (Å²) >= 11 is 2.71. The summed E-state index contributed by atoms with van der Waals surface area (Å²) in [6.07, 6.45) is 1.92. The summed E-state index contributed by atoms with van der Waals surface area (Å²) in [5.41, 5.74) is 2.03. The number of fused-ring (bicyclic) bond motifs is 1. The molecule has 1 unspecified atom stereocenters. The largest absolute Gasteiger partial charge is 0.325 e. The standard InChI is InChI=1S/C22H25N3O3S2/c1-5-12(2)9-17-14(4)30-21-19(17)20(28)24-22(25-21)29-11-18(27)23-16-8-6-7-15(10-16)13(3)26/h6-8,10,12H,5,9,11H2,1-4H3,(H,23,27)(H,24,25,28). The molecular weight excluding hydrogens is 418 g/mol. The fraction of sp³-hybridized carbons (Fsp3) is 0.364. The lowest BCUT2D eigenvalue weighted by atomic mass is 9.98. The van der Waals surface area contributed by atoms with Gasteiger partial charge in [0.1, 0.15) is 4.83 Å². The first kappa shape index (κ1) is 22.2. The number of hydrogen-bond donors (Lipinski definition) is 2. The zero-order valence-electron chi connectivity index (χ0n) is 17.5. The van der Waals surface area contributed by atoms with Gasteiger partial charge >= 0.3 is 0 Å². The molecule has 6 nitrogen and oxygen atoms in total. The van der Waals surface area contributed by atoms with Gasteiger partial charge in [-0.15, -0.1) is 11.3 Å². The van der Waals surface area contributed by atoms with Crippen LogP contribution in [0.25, 0.3) is 10.2 Å². The van der Waals surface area contributed by atoms with Crippen LogP contribution in [-0.4, -0.2) is 27.4 Å². The number of rotatable bonds is 8. The number of carbonyl (C=O) groups is 2. The number of anilines is 1. The molecule has 1 amide bonds. The zero-order valence-corrected chi connectivity index (χ0v) is 19.1. The second kappa shape index (κ2) is 9.57. The van der Waals surface area contributed by atoms with E-state index in [9.17, 15) is 14.4 Å². The first-order chi connectivity index (χ1) is 14.3. The third kappa shape index (κ3) is 5.17. The molecule has 0 spiro atoms. The number of thiophene rings is 1. The van der Waals surface area contributed by atoms with Gasteiger partial charge in [-0.2, -0.15) is 0 Å². The van der Waals surface area contributed by atoms with E-state index in [2.05, 4.69) is 29.1 Å². The Morgan fingerprint density at radius 2 is 2.10 bits per heavy atom. The van der Waals surface area contributed by atoms with Crippen molar-refractivity contribution in [2.45, 2.75) is 45.7 Å². The molecule has 158 valence electrons. The second-order valence-corrected chi connectivity index (χ2v) is 9.55. The summed E-state index contributed by atoms with van der Waals surface area (Å²) in [6, 6.07) is 6.80. The highest BCUT2D eigenvalue weighted by molar-refractivity contribution is 7.99. The quantitative estimate of drug-likeness (QED) is 0.296. The van der Waals surface area contributed by atoms with Crippen LogP contribution in [0.2, 0.25) is 0 Å². The molecule has 8 heteroatoms. The van der Waals surface area contributed by atoms with Crippen molar-refractivity contribution in [2.24, 2.45) is 5.92 Å². The van der Waals surface area contributed by atoms with Crippen LogP contribution in [0.4, 0.5) is 5.69 Å². The molecule has 0 radical (unpaired) electrons. The Bertz CT molecular complexity index is 1150. The lowest BCUT2D eigenvalue weighted by Gasteiger charge is -2.08. The van der Waals surface area contributed by atoms with Crippen LogP contribution in [0, 0.1) is 12.8 Å². The minimum Gasteiger partial charge on any atom is -0.325 e. The van der Waals surface area contributed by atoms with E-state index in [-0.39, 0.29) is 23.0 Å². The van der Waals surface area contributed by atoms with Crippen LogP contribution in [0.15, 0.2) is 34.2 Å². The lowest BCUT2D eigenvalue weighted by molar-refractivity contribution is -0.113. The van der Waals surface area contributed by atoms with Crippen molar-refractivity contribution in [3.63, 3.8) is 0 Å². The van der Waals surface area contributed by atoms with Gasteiger partial charge in [0.05, 0.1) is 11.1 Å². The number of thioether (sulfide) groups is 1. The van der Waals surface area contributed by atoms with E-state index in [0.717, 1.165) is 23.3 Å². The highest BCUT2D eigenvalue weighted by Gasteiger charge is 2.17. The molecule has 0 aliphatic carbocycles. The SMILES string of the molecule is CCC(C)Cc1c(C)sc2nc(SCC(=O)Nc3cccc(C(C)=O)c3)[nH]c(=O)c12. The highest BCUT2D eigenvalue weighted by atomic mass is 32.2. The van der Waals surface area contributed by atoms with Gasteiger partial charge in [0, 0.05) is 16.1 Å². The second-order valence-electron chi connectivity index (χ2n) is 7.38. The average molecular weight is 444 g/mol. The van der Waals surface area contributed by atoms with Crippen molar-refractivity contribution in [3.8, 4) is 0 Å². The maximum Gasteiger partial charge on any atom is 0.260 e. The fourth-order valence-corrected chi connectivity index (χ4v) is 4.88. The van der Waals surface area contributed by atoms with E-state index in [1.807, 2.05) is 6.92 Å². The molecule has 0 saturated carbocycles. The Morgan fingerprint density at radius 3 is 2.80 bits per heavy atom. The van der Waals surface area contributed by atoms with E-state index in [0.29, 0.717) is 32.5 Å². The van der Waals surface area contributed by atoms with Gasteiger partial charge < -0.3 is 10.3 Å². The topological polar surface area (TPSA) is 91.9 Å². The monoisotopic (exact) mass is 443 g/mol. The molecule has 0 aliphatic rings. The third-order valence-electron chi connectivity index (χ3n) is 4.98. The molecule has 1 aromatic carbocycles. The molecule has 0 aliphatic heterocycles. The number of ketones is 1. The number of aromatic nitrogens is 2. The van der Waals surface area contributed by atoms with Crippen LogP contribution in [-0.2, 0) is 11.2 Å². The summed E-state index contributed by atoms with van der Waals surface area (Å²) in [6.45, 7) is 7.83. The predicted molar refractivity (Wildman–Crippen MR) is 124 cm³/mol. The van der Waals surface area contributed by atoms with Gasteiger partial charge in [0.15, 0.2) is 10.9 Å². The van der Waals surface area contributed by atoms with Crippen molar-refractivity contribution in [2.75, 3.05) is 11.1 Å². The zero-order chi connectivity index (χ0) is 21.8. The smallest absolute Gasteiger partial charge is 0.260 e. The molecule has 0 fully saturated rings. The Morgan fingerprint density at radius 1 is 1.33 bits per heavy atom. The van der Waals surface area contributed by atoms with E-state index in [4.69, 9.17) is 0 Å². The Labute approximate surface area is 183 Å². The van der Waals surface area contributed by atoms with Crippen molar-refractivity contribution in [1.29, 1.82) is 0 Å². The number of Topliss-reactive ketones (excluding diaryl/α,β-unsaturated/α-hetero) is 1. The minimum atomic E-state index is -0.233. The summed E-state index contributed by atoms with van der Waals surface area (Å²) in [4.78, 5) is 45.7. The van der Waals surface area contributed by atoms with E-state index >= 15 is 0 Å². The van der Waals surface area contributed by atoms with Gasteiger partial charge in [-0.25, -0.2) is 4.98 Å². The van der Waals surface area contributed by atoms with Crippen molar-refractivity contribution in [1.82, 2.24) is 9.97 Å². The molecule has 1 atom stereocenters. The van der Waals surface area contributed by atoms with Crippen LogP contribution in [0.1, 0.15) is 48.0 Å². The molecule has 0 bridgehead atoms. The van der Waals surface area contributed by atoms with Crippen LogP contribution < -0.4 is 10.9 Å². The van der Waals surface area contributed by atoms with Crippen LogP contribution >= 0.6 is 23.1 Å². The normalized spacial score (nSPS) is 12.1. The molecule has 0 saturated heterocycles. The van der Waals surface area contributed by atoms with Gasteiger partial charge in [0.25, 0.3) is 5.56 Å². The Balaban J connectivity index is 1.72. The maximum atomic E-state index is 12.7. The minimum absolute atomic E-state index is 0.0607. The van der Waals surface area contributed by atoms with Crippen molar-refractivity contribution < 1.29 is 9.59 Å². The summed E-state index contributed by atoms with van der Waals surface area (Å²) in [7, 11) is 0. The van der Waals surface area contributed by atoms with Crippen LogP contribution in [0.5, 0.6) is 0 Å². The average Bonchev–Trinajstić information content (AvgIpc) is 3.02. The molecule has 3 rings (SSSR count). The maximum absolute atomic E-state index is 12.7. The number of aryl methyl sites for hydroxylation is 1. The number of hydrogen-bond acceptors (Lipinski definition) is 6. The predicted octanol–water partition coefficient (Wildman–Crippen LogP) is 4.82. The first-order valence-corrected chi connectivity index (χ1v) is 11.6. The molecular formula is C22H25N3O3S2. The summed E-state index contributed by atoms with van der Waals surface area (Å²) in [5.74, 6) is 0.306. The number of benzene rings is 1. The fourth-order valence-electron chi connectivity index (χ4n) is 3.11. The number of carbonyl (C=O) groups excluding carboxylic acids is 2.